The summed E-state index contributed by atoms with van der Waals surface area (Å²) in [6.45, 7) is 1.91. The summed E-state index contributed by atoms with van der Waals surface area (Å²) in [4.78, 5) is 14.7. The van der Waals surface area contributed by atoms with Crippen molar-refractivity contribution in [3.8, 4) is 0 Å². The minimum Gasteiger partial charge on any atom is -0.342 e. The summed E-state index contributed by atoms with van der Waals surface area (Å²) in [7, 11) is 0. The maximum Gasteiger partial charge on any atom is 0.460 e. The molecule has 1 heterocycles. The van der Waals surface area contributed by atoms with E-state index in [4.69, 9.17) is 0 Å². The van der Waals surface area contributed by atoms with Crippen LogP contribution in [0, 0.1) is 5.92 Å². The number of carbonyl (C=O) groups is 1. The molecule has 14 heteroatoms. The van der Waals surface area contributed by atoms with Crippen molar-refractivity contribution in [2.75, 3.05) is 39.3 Å². The molecule has 1 saturated heterocycles. The Labute approximate surface area is 244 Å². The summed E-state index contributed by atoms with van der Waals surface area (Å²) in [6, 6.07) is 13.9. The van der Waals surface area contributed by atoms with Crippen LogP contribution in [0.3, 0.4) is 0 Å². The summed E-state index contributed by atoms with van der Waals surface area (Å²) in [6.07, 6.45) is -5.56. The van der Waals surface area contributed by atoms with Crippen molar-refractivity contribution in [3.05, 3.63) is 48.0 Å². The number of hydrogen-bond acceptors (Lipinski definition) is 3. The number of piperidine rings is 1. The molecule has 0 atom stereocenters. The number of likely N-dealkylation sites (tertiary alicyclic amines) is 1. The van der Waals surface area contributed by atoms with Crippen LogP contribution < -0.4 is 10.6 Å². The molecule has 0 aromatic heterocycles. The van der Waals surface area contributed by atoms with Gasteiger partial charge in [0.1, 0.15) is 0 Å². The Morgan fingerprint density at radius 1 is 0.786 bits per heavy atom. The lowest BCUT2D eigenvalue weighted by atomic mass is 9.95. The number of alkyl halides is 9. The first kappa shape index (κ1) is 35.9. The fourth-order valence-corrected chi connectivity index (χ4v) is 4.85. The first-order valence-electron chi connectivity index (χ1n) is 13.5. The zero-order valence-corrected chi connectivity index (χ0v) is 23.6. The van der Waals surface area contributed by atoms with E-state index in [9.17, 15) is 44.3 Å². The quantitative estimate of drug-likeness (QED) is 0.176. The van der Waals surface area contributed by atoms with Crippen LogP contribution in [0.4, 0.5) is 39.5 Å². The molecule has 0 radical (unpaired) electrons. The average Bonchev–Trinajstić information content (AvgIpc) is 2.91. The van der Waals surface area contributed by atoms with E-state index in [0.29, 0.717) is 44.8 Å². The van der Waals surface area contributed by atoms with Gasteiger partial charge < -0.3 is 15.5 Å². The van der Waals surface area contributed by atoms with Gasteiger partial charge in [-0.25, -0.2) is 0 Å². The molecule has 2 aromatic carbocycles. The molecular weight excluding hydrogens is 601 g/mol. The van der Waals surface area contributed by atoms with Crippen LogP contribution >= 0.6 is 12.4 Å². The van der Waals surface area contributed by atoms with Gasteiger partial charge in [-0.2, -0.15) is 39.5 Å². The fourth-order valence-electron chi connectivity index (χ4n) is 4.85. The van der Waals surface area contributed by atoms with Crippen LogP contribution in [0.5, 0.6) is 0 Å². The number of nitrogens with zero attached hydrogens (tertiary/aromatic N) is 1. The molecule has 3 rings (SSSR count). The summed E-state index contributed by atoms with van der Waals surface area (Å²) in [5.41, 5.74) is 1.00. The molecule has 0 saturated carbocycles. The SMILES string of the molecule is Cl.O=C(Cc1cccc2ccccc12)N1CCC(CNCCCCNCCC(F)(F)C(F)(F)C(F)(F)C(F)(F)F)CC1. The number of nitrogens with one attached hydrogen (secondary N) is 2. The second-order valence-corrected chi connectivity index (χ2v) is 10.4. The standard InChI is InChI=1S/C28H34F9N3O.ClH/c29-25(30,26(31,32)27(33,34)28(35,36)37)12-15-38-13-3-4-14-39-19-20-10-16-40(17-11-20)24(41)18-22-8-5-7-21-6-1-2-9-23(21)22;/h1-2,5-9,20,38-39H,3-4,10-19H2;1H. The predicted octanol–water partition coefficient (Wildman–Crippen LogP) is 6.86. The van der Waals surface area contributed by atoms with Crippen LogP contribution in [-0.4, -0.2) is 74.0 Å². The lowest BCUT2D eigenvalue weighted by Gasteiger charge is -2.33. The minimum atomic E-state index is -6.85. The highest BCUT2D eigenvalue weighted by Crippen LogP contribution is 2.53. The second kappa shape index (κ2) is 15.0. The number of hydrogen-bond donors (Lipinski definition) is 2. The highest BCUT2D eigenvalue weighted by molar-refractivity contribution is 5.90. The maximum absolute atomic E-state index is 13.5. The van der Waals surface area contributed by atoms with Gasteiger partial charge in [-0.05, 0) is 67.6 Å². The van der Waals surface area contributed by atoms with Gasteiger partial charge in [0.05, 0.1) is 6.42 Å². The van der Waals surface area contributed by atoms with E-state index in [0.717, 1.165) is 35.7 Å². The van der Waals surface area contributed by atoms with Crippen molar-refractivity contribution in [2.45, 2.75) is 62.5 Å². The van der Waals surface area contributed by atoms with E-state index in [2.05, 4.69) is 10.6 Å². The molecule has 1 aliphatic rings. The average molecular weight is 636 g/mol. The lowest BCUT2D eigenvalue weighted by Crippen LogP contribution is -2.61. The Morgan fingerprint density at radius 3 is 2.02 bits per heavy atom. The third-order valence-corrected chi connectivity index (χ3v) is 7.40. The summed E-state index contributed by atoms with van der Waals surface area (Å²) in [5.74, 6) is -18.5. The third-order valence-electron chi connectivity index (χ3n) is 7.40. The van der Waals surface area contributed by atoms with Gasteiger partial charge in [-0.3, -0.25) is 4.79 Å². The molecular formula is C28H35ClF9N3O. The first-order chi connectivity index (χ1) is 19.2. The monoisotopic (exact) mass is 635 g/mol. The van der Waals surface area contributed by atoms with Gasteiger partial charge in [0.2, 0.25) is 5.91 Å². The van der Waals surface area contributed by atoms with E-state index >= 15 is 0 Å². The molecule has 1 fully saturated rings. The Kier molecular flexibility index (Phi) is 12.8. The van der Waals surface area contributed by atoms with Crippen molar-refractivity contribution in [3.63, 3.8) is 0 Å². The molecule has 238 valence electrons. The normalized spacial score (nSPS) is 15.6. The fraction of sp³-hybridized carbons (Fsp3) is 0.607. The number of halogens is 10. The van der Waals surface area contributed by atoms with E-state index in [1.165, 1.54) is 0 Å². The Hall–Kier alpha value is -2.25. The van der Waals surface area contributed by atoms with E-state index in [-0.39, 0.29) is 24.9 Å². The zero-order chi connectivity index (χ0) is 30.3. The minimum absolute atomic E-state index is 0. The Balaban J connectivity index is 0.00000616. The molecule has 0 aliphatic carbocycles. The molecule has 1 aliphatic heterocycles. The molecule has 2 aromatic rings. The highest BCUT2D eigenvalue weighted by Gasteiger charge is 2.81. The molecule has 4 nitrogen and oxygen atoms in total. The summed E-state index contributed by atoms with van der Waals surface area (Å²) in [5, 5.41) is 7.83. The van der Waals surface area contributed by atoms with Gasteiger partial charge in [-0.15, -0.1) is 12.4 Å². The lowest BCUT2D eigenvalue weighted by molar-refractivity contribution is -0.396. The van der Waals surface area contributed by atoms with Gasteiger partial charge in [0.25, 0.3) is 0 Å². The number of carbonyl (C=O) groups excluding carboxylic acids is 1. The number of unbranched alkanes of at least 4 members (excludes halogenated alkanes) is 1. The molecule has 42 heavy (non-hydrogen) atoms. The van der Waals surface area contributed by atoms with Crippen LogP contribution in [-0.2, 0) is 11.2 Å². The van der Waals surface area contributed by atoms with Gasteiger partial charge in [0.15, 0.2) is 0 Å². The van der Waals surface area contributed by atoms with Crippen molar-refractivity contribution in [1.29, 1.82) is 0 Å². The third kappa shape index (κ3) is 8.66. The van der Waals surface area contributed by atoms with E-state index in [1.54, 1.807) is 0 Å². The smallest absolute Gasteiger partial charge is 0.342 e. The van der Waals surface area contributed by atoms with Crippen LogP contribution in [0.15, 0.2) is 42.5 Å². The van der Waals surface area contributed by atoms with E-state index < -0.39 is 36.9 Å². The molecule has 0 unspecified atom stereocenters. The number of benzene rings is 2. The van der Waals surface area contributed by atoms with Crippen molar-refractivity contribution in [2.24, 2.45) is 5.92 Å². The molecule has 0 bridgehead atoms. The maximum atomic E-state index is 13.5. The van der Waals surface area contributed by atoms with Crippen molar-refractivity contribution >= 4 is 29.1 Å². The number of amides is 1. The molecule has 1 amide bonds. The van der Waals surface area contributed by atoms with Crippen molar-refractivity contribution < 1.29 is 44.3 Å². The Bertz CT molecular complexity index is 1130. The number of rotatable bonds is 14. The van der Waals surface area contributed by atoms with Gasteiger partial charge in [0, 0.05) is 26.1 Å². The topological polar surface area (TPSA) is 44.4 Å². The predicted molar refractivity (Wildman–Crippen MR) is 145 cm³/mol. The summed E-state index contributed by atoms with van der Waals surface area (Å²) >= 11 is 0. The molecule has 0 spiro atoms. The second-order valence-electron chi connectivity index (χ2n) is 10.4. The van der Waals surface area contributed by atoms with E-state index in [1.807, 2.05) is 47.4 Å². The van der Waals surface area contributed by atoms with Gasteiger partial charge >= 0.3 is 23.9 Å². The number of fused-ring (bicyclic) bond motifs is 1. The van der Waals surface area contributed by atoms with Crippen LogP contribution in [0.2, 0.25) is 0 Å². The Morgan fingerprint density at radius 2 is 1.38 bits per heavy atom. The summed E-state index contributed by atoms with van der Waals surface area (Å²) < 4.78 is 116. The van der Waals surface area contributed by atoms with Crippen LogP contribution in [0.1, 0.15) is 37.7 Å². The van der Waals surface area contributed by atoms with Gasteiger partial charge in [-0.1, -0.05) is 42.5 Å². The van der Waals surface area contributed by atoms with Crippen LogP contribution in [0.25, 0.3) is 10.8 Å². The highest BCUT2D eigenvalue weighted by atomic mass is 35.5. The van der Waals surface area contributed by atoms with Crippen molar-refractivity contribution in [1.82, 2.24) is 15.5 Å². The first-order valence-corrected chi connectivity index (χ1v) is 13.5. The zero-order valence-electron chi connectivity index (χ0n) is 22.8. The largest absolute Gasteiger partial charge is 0.460 e. The molecule has 2 N–H and O–H groups in total.